The Morgan fingerprint density at radius 2 is 2.14 bits per heavy atom. The first-order valence-corrected chi connectivity index (χ1v) is 4.67. The molecule has 0 atom stereocenters. The normalized spacial score (nSPS) is 11.4. The second-order valence-corrected chi connectivity index (χ2v) is 3.53. The van der Waals surface area contributed by atoms with Crippen LogP contribution in [-0.2, 0) is 11.2 Å². The highest BCUT2D eigenvalue weighted by Crippen LogP contribution is 2.15. The molecule has 0 aliphatic rings. The van der Waals surface area contributed by atoms with E-state index < -0.39 is 0 Å². The first kappa shape index (κ1) is 10.8. The highest BCUT2D eigenvalue weighted by atomic mass is 35.5. The first-order chi connectivity index (χ1) is 6.59. The molecule has 1 aromatic rings. The monoisotopic (exact) mass is 209 g/mol. The first-order valence-electron chi connectivity index (χ1n) is 4.29. The third-order valence-electron chi connectivity index (χ3n) is 1.71. The van der Waals surface area contributed by atoms with Gasteiger partial charge in [0.2, 0.25) is 0 Å². The van der Waals surface area contributed by atoms with E-state index in [0.717, 1.165) is 5.56 Å². The summed E-state index contributed by atoms with van der Waals surface area (Å²) in [5, 5.41) is 0.615. The van der Waals surface area contributed by atoms with Crippen molar-refractivity contribution in [2.75, 3.05) is 0 Å². The molecule has 3 heteroatoms. The molecule has 0 aromatic heterocycles. The van der Waals surface area contributed by atoms with Gasteiger partial charge in [0.25, 0.3) is 0 Å². The molecule has 0 fully saturated rings. The van der Waals surface area contributed by atoms with Gasteiger partial charge in [0.05, 0.1) is 0 Å². The average molecular weight is 210 g/mol. The Labute approximate surface area is 88.4 Å². The van der Waals surface area contributed by atoms with E-state index >= 15 is 0 Å². The van der Waals surface area contributed by atoms with Gasteiger partial charge in [-0.05, 0) is 24.6 Å². The molecule has 0 bridgehead atoms. The maximum atomic E-state index is 11.4. The highest BCUT2D eigenvalue weighted by Gasteiger charge is 2.03. The SMILES string of the molecule is C/C(N)=C/C(=O)Cc1ccccc1Cl. The minimum atomic E-state index is -0.0295. The van der Waals surface area contributed by atoms with Gasteiger partial charge in [-0.25, -0.2) is 0 Å². The van der Waals surface area contributed by atoms with Crippen LogP contribution in [0, 0.1) is 0 Å². The number of nitrogens with two attached hydrogens (primary N) is 1. The zero-order valence-corrected chi connectivity index (χ0v) is 8.71. The van der Waals surface area contributed by atoms with Crippen LogP contribution in [0.15, 0.2) is 36.0 Å². The predicted octanol–water partition coefficient (Wildman–Crippen LogP) is 2.31. The Morgan fingerprint density at radius 3 is 2.71 bits per heavy atom. The third kappa shape index (κ3) is 3.23. The van der Waals surface area contributed by atoms with Crippen LogP contribution in [0.25, 0.3) is 0 Å². The molecule has 2 nitrogen and oxygen atoms in total. The number of halogens is 1. The minimum Gasteiger partial charge on any atom is -0.402 e. The largest absolute Gasteiger partial charge is 0.402 e. The van der Waals surface area contributed by atoms with Crippen molar-refractivity contribution in [1.29, 1.82) is 0 Å². The van der Waals surface area contributed by atoms with Crippen molar-refractivity contribution in [1.82, 2.24) is 0 Å². The van der Waals surface area contributed by atoms with E-state index in [1.54, 1.807) is 13.0 Å². The lowest BCUT2D eigenvalue weighted by Crippen LogP contribution is -2.03. The van der Waals surface area contributed by atoms with E-state index in [1.165, 1.54) is 6.08 Å². The molecule has 0 saturated heterocycles. The average Bonchev–Trinajstić information content (AvgIpc) is 2.07. The summed E-state index contributed by atoms with van der Waals surface area (Å²) in [7, 11) is 0. The molecule has 0 spiro atoms. The molecule has 1 aromatic carbocycles. The molecule has 0 amide bonds. The Hall–Kier alpha value is -1.28. The van der Waals surface area contributed by atoms with Gasteiger partial charge in [0.15, 0.2) is 5.78 Å². The van der Waals surface area contributed by atoms with E-state index in [4.69, 9.17) is 17.3 Å². The lowest BCUT2D eigenvalue weighted by atomic mass is 10.1. The number of ketones is 1. The van der Waals surface area contributed by atoms with Gasteiger partial charge in [-0.1, -0.05) is 29.8 Å². The molecular formula is C11H12ClNO. The summed E-state index contributed by atoms with van der Waals surface area (Å²) in [6.45, 7) is 1.69. The van der Waals surface area contributed by atoms with Crippen molar-refractivity contribution in [3.63, 3.8) is 0 Å². The number of hydrogen-bond acceptors (Lipinski definition) is 2. The highest BCUT2D eigenvalue weighted by molar-refractivity contribution is 6.31. The topological polar surface area (TPSA) is 43.1 Å². The van der Waals surface area contributed by atoms with E-state index in [1.807, 2.05) is 18.2 Å². The minimum absolute atomic E-state index is 0.0295. The van der Waals surface area contributed by atoms with Crippen LogP contribution < -0.4 is 5.73 Å². The number of hydrogen-bond donors (Lipinski definition) is 1. The third-order valence-corrected chi connectivity index (χ3v) is 2.08. The van der Waals surface area contributed by atoms with Crippen molar-refractivity contribution in [2.24, 2.45) is 5.73 Å². The summed E-state index contributed by atoms with van der Waals surface area (Å²) in [5.74, 6) is -0.0295. The Bertz CT molecular complexity index is 367. The second-order valence-electron chi connectivity index (χ2n) is 3.12. The van der Waals surface area contributed by atoms with Gasteiger partial charge in [-0.2, -0.15) is 0 Å². The molecule has 0 aliphatic heterocycles. The van der Waals surface area contributed by atoms with E-state index in [-0.39, 0.29) is 5.78 Å². The summed E-state index contributed by atoms with van der Waals surface area (Å²) in [6.07, 6.45) is 1.72. The Kier molecular flexibility index (Phi) is 3.72. The summed E-state index contributed by atoms with van der Waals surface area (Å²) in [4.78, 5) is 11.4. The molecule has 0 aliphatic carbocycles. The maximum absolute atomic E-state index is 11.4. The van der Waals surface area contributed by atoms with Crippen LogP contribution in [0.2, 0.25) is 5.02 Å². The molecule has 74 valence electrons. The molecule has 0 unspecified atom stereocenters. The van der Waals surface area contributed by atoms with E-state index in [0.29, 0.717) is 17.1 Å². The fourth-order valence-electron chi connectivity index (χ4n) is 1.13. The second kappa shape index (κ2) is 4.82. The zero-order chi connectivity index (χ0) is 10.6. The number of benzene rings is 1. The van der Waals surface area contributed by atoms with E-state index in [2.05, 4.69) is 0 Å². The number of allylic oxidation sites excluding steroid dienone is 2. The summed E-state index contributed by atoms with van der Waals surface area (Å²) in [6, 6.07) is 7.29. The number of carbonyl (C=O) groups excluding carboxylic acids is 1. The van der Waals surface area contributed by atoms with Gasteiger partial charge in [0.1, 0.15) is 0 Å². The quantitative estimate of drug-likeness (QED) is 0.777. The number of rotatable bonds is 3. The van der Waals surface area contributed by atoms with Crippen LogP contribution >= 0.6 is 11.6 Å². The fourth-order valence-corrected chi connectivity index (χ4v) is 1.34. The molecular weight excluding hydrogens is 198 g/mol. The summed E-state index contributed by atoms with van der Waals surface area (Å²) in [5.41, 5.74) is 6.74. The fraction of sp³-hybridized carbons (Fsp3) is 0.182. The smallest absolute Gasteiger partial charge is 0.161 e. The van der Waals surface area contributed by atoms with Gasteiger partial charge in [0, 0.05) is 17.1 Å². The summed E-state index contributed by atoms with van der Waals surface area (Å²) < 4.78 is 0. The maximum Gasteiger partial charge on any atom is 0.161 e. The standard InChI is InChI=1S/C11H12ClNO/c1-8(13)6-10(14)7-9-4-2-3-5-11(9)12/h2-6H,7,13H2,1H3/b8-6-. The van der Waals surface area contributed by atoms with Gasteiger partial charge in [-0.15, -0.1) is 0 Å². The van der Waals surface area contributed by atoms with Crippen LogP contribution in [0.3, 0.4) is 0 Å². The van der Waals surface area contributed by atoms with Crippen LogP contribution in [0.1, 0.15) is 12.5 Å². The Morgan fingerprint density at radius 1 is 1.50 bits per heavy atom. The number of carbonyl (C=O) groups is 1. The molecule has 14 heavy (non-hydrogen) atoms. The molecule has 0 radical (unpaired) electrons. The summed E-state index contributed by atoms with van der Waals surface area (Å²) >= 11 is 5.90. The van der Waals surface area contributed by atoms with Crippen molar-refractivity contribution < 1.29 is 4.79 Å². The zero-order valence-electron chi connectivity index (χ0n) is 7.96. The molecule has 2 N–H and O–H groups in total. The van der Waals surface area contributed by atoms with Crippen molar-refractivity contribution in [2.45, 2.75) is 13.3 Å². The van der Waals surface area contributed by atoms with Crippen molar-refractivity contribution in [3.05, 3.63) is 46.6 Å². The molecule has 0 saturated carbocycles. The van der Waals surface area contributed by atoms with Crippen LogP contribution in [0.4, 0.5) is 0 Å². The molecule has 0 heterocycles. The lowest BCUT2D eigenvalue weighted by molar-refractivity contribution is -0.114. The van der Waals surface area contributed by atoms with E-state index in [9.17, 15) is 4.79 Å². The van der Waals surface area contributed by atoms with Gasteiger partial charge >= 0.3 is 0 Å². The predicted molar refractivity (Wildman–Crippen MR) is 58.1 cm³/mol. The Balaban J connectivity index is 2.75. The van der Waals surface area contributed by atoms with Crippen LogP contribution in [-0.4, -0.2) is 5.78 Å². The molecule has 1 rings (SSSR count). The lowest BCUT2D eigenvalue weighted by Gasteiger charge is -2.00. The van der Waals surface area contributed by atoms with Gasteiger partial charge < -0.3 is 5.73 Å². The van der Waals surface area contributed by atoms with Crippen molar-refractivity contribution in [3.8, 4) is 0 Å². The van der Waals surface area contributed by atoms with Crippen LogP contribution in [0.5, 0.6) is 0 Å². The van der Waals surface area contributed by atoms with Gasteiger partial charge in [-0.3, -0.25) is 4.79 Å². The van der Waals surface area contributed by atoms with Crippen molar-refractivity contribution >= 4 is 17.4 Å².